The third-order valence-corrected chi connectivity index (χ3v) is 13.5. The van der Waals surface area contributed by atoms with Gasteiger partial charge in [-0.05, 0) is 164 Å². The molecule has 318 valence electrons. The Kier molecular flexibility index (Phi) is 9.50. The molecule has 0 spiro atoms. The molecule has 0 aliphatic heterocycles. The summed E-state index contributed by atoms with van der Waals surface area (Å²) in [6, 6.07) is 92.5. The third-order valence-electron chi connectivity index (χ3n) is 13.5. The molecule has 0 aliphatic carbocycles. The van der Waals surface area contributed by atoms with E-state index in [4.69, 9.17) is 4.98 Å². The summed E-state index contributed by atoms with van der Waals surface area (Å²) >= 11 is 0. The second kappa shape index (κ2) is 16.4. The van der Waals surface area contributed by atoms with Crippen LogP contribution in [-0.4, -0.2) is 14.1 Å². The Labute approximate surface area is 395 Å². The normalized spacial score (nSPS) is 11.5. The highest BCUT2D eigenvalue weighted by Crippen LogP contribution is 2.42. The van der Waals surface area contributed by atoms with Crippen molar-refractivity contribution in [3.05, 3.63) is 261 Å². The quantitative estimate of drug-likeness (QED) is 0.149. The number of para-hydroxylation sites is 2. The molecular formula is C65H43N3. The summed E-state index contributed by atoms with van der Waals surface area (Å²) in [5.74, 6) is 0. The van der Waals surface area contributed by atoms with Gasteiger partial charge in [0.1, 0.15) is 0 Å². The Morgan fingerprint density at radius 2 is 0.662 bits per heavy atom. The van der Waals surface area contributed by atoms with Crippen LogP contribution in [0.4, 0.5) is 0 Å². The molecule has 0 fully saturated rings. The zero-order chi connectivity index (χ0) is 45.0. The first kappa shape index (κ1) is 39.3. The number of benzene rings is 10. The summed E-state index contributed by atoms with van der Waals surface area (Å²) in [6.07, 6.45) is 1.89. The highest BCUT2D eigenvalue weighted by atomic mass is 15.0. The lowest BCUT2D eigenvalue weighted by molar-refractivity contribution is 1.18. The number of hydrogen-bond donors (Lipinski definition) is 0. The van der Waals surface area contributed by atoms with Crippen molar-refractivity contribution >= 4 is 43.7 Å². The molecule has 3 aromatic heterocycles. The van der Waals surface area contributed by atoms with Gasteiger partial charge in [0.2, 0.25) is 0 Å². The van der Waals surface area contributed by atoms with Gasteiger partial charge in [-0.2, -0.15) is 0 Å². The monoisotopic (exact) mass is 865 g/mol. The molecule has 0 N–H and O–H groups in total. The number of rotatable bonds is 8. The average Bonchev–Trinajstić information content (AvgIpc) is 3.94. The Bertz CT molecular complexity index is 3940. The fourth-order valence-corrected chi connectivity index (χ4v) is 10.3. The molecule has 3 heteroatoms. The van der Waals surface area contributed by atoms with Crippen molar-refractivity contribution in [2.75, 3.05) is 0 Å². The maximum absolute atomic E-state index is 4.90. The van der Waals surface area contributed by atoms with Crippen molar-refractivity contribution in [3.8, 4) is 78.1 Å². The number of fused-ring (bicyclic) bond motifs is 6. The summed E-state index contributed by atoms with van der Waals surface area (Å²) in [5.41, 5.74) is 22.1. The number of aromatic nitrogens is 3. The second-order valence-electron chi connectivity index (χ2n) is 17.6. The van der Waals surface area contributed by atoms with Gasteiger partial charge in [0.25, 0.3) is 0 Å². The fourth-order valence-electron chi connectivity index (χ4n) is 10.3. The first-order valence-electron chi connectivity index (χ1n) is 23.3. The van der Waals surface area contributed by atoms with Gasteiger partial charge in [-0.25, -0.2) is 0 Å². The van der Waals surface area contributed by atoms with Crippen molar-refractivity contribution in [2.24, 2.45) is 0 Å². The molecule has 3 nitrogen and oxygen atoms in total. The van der Waals surface area contributed by atoms with Crippen LogP contribution < -0.4 is 0 Å². The standard InChI is InChI=1S/C65H43N3/c1-5-17-44(18-6-1)52-39-53(45-19-7-2-8-20-45)41-54(40-52)48-23-13-21-46(37-48)49-32-34-60-58(42-49)64-57(29-15-30-62(64)67(60)55-25-9-3-10-26-55)51-24-14-22-47(38-51)50-33-35-61-59(43-50)65-63(31-16-36-66-65)68(61)56-27-11-4-12-28-56/h1-43H. The van der Waals surface area contributed by atoms with Crippen molar-refractivity contribution in [1.29, 1.82) is 0 Å². The van der Waals surface area contributed by atoms with E-state index >= 15 is 0 Å². The van der Waals surface area contributed by atoms with E-state index in [1.165, 1.54) is 77.4 Å². The van der Waals surface area contributed by atoms with Gasteiger partial charge >= 0.3 is 0 Å². The predicted molar refractivity (Wildman–Crippen MR) is 286 cm³/mol. The lowest BCUT2D eigenvalue weighted by Gasteiger charge is -2.13. The molecule has 0 unspecified atom stereocenters. The van der Waals surface area contributed by atoms with Crippen molar-refractivity contribution < 1.29 is 0 Å². The van der Waals surface area contributed by atoms with Gasteiger partial charge in [-0.15, -0.1) is 0 Å². The summed E-state index contributed by atoms with van der Waals surface area (Å²) < 4.78 is 4.73. The maximum Gasteiger partial charge on any atom is 0.0963 e. The van der Waals surface area contributed by atoms with Gasteiger partial charge in [-0.3, -0.25) is 4.98 Å². The Morgan fingerprint density at radius 1 is 0.250 bits per heavy atom. The van der Waals surface area contributed by atoms with E-state index in [0.29, 0.717) is 0 Å². The molecule has 68 heavy (non-hydrogen) atoms. The van der Waals surface area contributed by atoms with E-state index in [-0.39, 0.29) is 0 Å². The Balaban J connectivity index is 0.952. The average molecular weight is 866 g/mol. The zero-order valence-corrected chi connectivity index (χ0v) is 37.2. The van der Waals surface area contributed by atoms with Crippen LogP contribution in [-0.2, 0) is 0 Å². The van der Waals surface area contributed by atoms with Crippen LogP contribution in [0.15, 0.2) is 261 Å². The first-order valence-corrected chi connectivity index (χ1v) is 23.3. The Morgan fingerprint density at radius 3 is 1.26 bits per heavy atom. The molecule has 13 aromatic rings. The molecular weight excluding hydrogens is 823 g/mol. The van der Waals surface area contributed by atoms with Crippen LogP contribution in [0.3, 0.4) is 0 Å². The van der Waals surface area contributed by atoms with Crippen LogP contribution in [0.2, 0.25) is 0 Å². The minimum atomic E-state index is 1.00. The minimum absolute atomic E-state index is 1.00. The van der Waals surface area contributed by atoms with E-state index in [2.05, 4.69) is 258 Å². The molecule has 13 rings (SSSR count). The number of nitrogens with zero attached hydrogens (tertiary/aromatic N) is 3. The van der Waals surface area contributed by atoms with Gasteiger partial charge in [0.15, 0.2) is 0 Å². The lowest BCUT2D eigenvalue weighted by Crippen LogP contribution is -1.93. The summed E-state index contributed by atoms with van der Waals surface area (Å²) in [4.78, 5) is 4.90. The van der Waals surface area contributed by atoms with Crippen molar-refractivity contribution in [1.82, 2.24) is 14.1 Å². The number of pyridine rings is 1. The van der Waals surface area contributed by atoms with Crippen LogP contribution in [0.1, 0.15) is 0 Å². The molecule has 0 bridgehead atoms. The third kappa shape index (κ3) is 6.80. The fraction of sp³-hybridized carbons (Fsp3) is 0. The summed E-state index contributed by atoms with van der Waals surface area (Å²) in [6.45, 7) is 0. The molecule has 10 aromatic carbocycles. The van der Waals surface area contributed by atoms with Gasteiger partial charge in [0, 0.05) is 33.7 Å². The highest BCUT2D eigenvalue weighted by Gasteiger charge is 2.19. The Hall–Kier alpha value is -9.05. The van der Waals surface area contributed by atoms with Crippen LogP contribution in [0.5, 0.6) is 0 Å². The van der Waals surface area contributed by atoms with Gasteiger partial charge in [-0.1, -0.05) is 158 Å². The molecule has 0 aliphatic rings. The molecule has 0 atom stereocenters. The zero-order valence-electron chi connectivity index (χ0n) is 37.2. The summed E-state index contributed by atoms with van der Waals surface area (Å²) in [5, 5.41) is 3.58. The highest BCUT2D eigenvalue weighted by molar-refractivity contribution is 6.17. The van der Waals surface area contributed by atoms with E-state index in [1.54, 1.807) is 0 Å². The first-order chi connectivity index (χ1) is 33.7. The molecule has 0 saturated heterocycles. The molecule has 0 saturated carbocycles. The van der Waals surface area contributed by atoms with E-state index < -0.39 is 0 Å². The van der Waals surface area contributed by atoms with Gasteiger partial charge < -0.3 is 9.13 Å². The van der Waals surface area contributed by atoms with Crippen molar-refractivity contribution in [2.45, 2.75) is 0 Å². The van der Waals surface area contributed by atoms with Crippen LogP contribution >= 0.6 is 0 Å². The molecule has 3 heterocycles. The molecule has 0 amide bonds. The van der Waals surface area contributed by atoms with E-state index in [9.17, 15) is 0 Å². The number of hydrogen-bond acceptors (Lipinski definition) is 1. The van der Waals surface area contributed by atoms with Crippen LogP contribution in [0, 0.1) is 0 Å². The topological polar surface area (TPSA) is 22.8 Å². The SMILES string of the molecule is c1ccc(-c2cc(-c3ccccc3)cc(-c3cccc(-c4ccc5c(c4)c4c(-c6cccc(-c7ccc8c(c7)c7ncccc7n8-c7ccccc7)c6)cccc4n5-c4ccccc4)c3)c2)cc1. The maximum atomic E-state index is 4.90. The van der Waals surface area contributed by atoms with Crippen LogP contribution in [0.25, 0.3) is 122 Å². The smallest absolute Gasteiger partial charge is 0.0963 e. The van der Waals surface area contributed by atoms with Gasteiger partial charge in [0.05, 0.1) is 27.6 Å². The van der Waals surface area contributed by atoms with E-state index in [1.807, 2.05) is 12.3 Å². The largest absolute Gasteiger partial charge is 0.309 e. The molecule has 0 radical (unpaired) electrons. The lowest BCUT2D eigenvalue weighted by atomic mass is 9.92. The minimum Gasteiger partial charge on any atom is -0.309 e. The second-order valence-corrected chi connectivity index (χ2v) is 17.6. The van der Waals surface area contributed by atoms with Crippen molar-refractivity contribution in [3.63, 3.8) is 0 Å². The van der Waals surface area contributed by atoms with E-state index in [0.717, 1.165) is 44.4 Å². The predicted octanol–water partition coefficient (Wildman–Crippen LogP) is 17.3. The summed E-state index contributed by atoms with van der Waals surface area (Å²) in [7, 11) is 0.